The molecule has 1 aromatic carbocycles. The zero-order chi connectivity index (χ0) is 14.7. The van der Waals surface area contributed by atoms with E-state index in [0.29, 0.717) is 29.6 Å². The van der Waals surface area contributed by atoms with Gasteiger partial charge in [-0.05, 0) is 37.0 Å². The summed E-state index contributed by atoms with van der Waals surface area (Å²) in [5.74, 6) is 0.832. The first-order valence-electron chi connectivity index (χ1n) is 7.25. The number of nitrogens with one attached hydrogen (secondary N) is 1. The summed E-state index contributed by atoms with van der Waals surface area (Å²) in [4.78, 5) is 12.2. The van der Waals surface area contributed by atoms with E-state index in [2.05, 4.69) is 19.2 Å². The Morgan fingerprint density at radius 3 is 2.86 bits per heavy atom. The van der Waals surface area contributed by atoms with E-state index in [1.807, 2.05) is 19.1 Å². The summed E-state index contributed by atoms with van der Waals surface area (Å²) in [6.07, 6.45) is 1.26. The van der Waals surface area contributed by atoms with Crippen LogP contribution in [0.3, 0.4) is 0 Å². The Labute approximate surface area is 132 Å². The minimum absolute atomic E-state index is 0. The molecular formula is C16H25ClN2O2. The van der Waals surface area contributed by atoms with Crippen LogP contribution in [0.5, 0.6) is 0 Å². The number of aryl methyl sites for hydroxylation is 1. The van der Waals surface area contributed by atoms with Crippen molar-refractivity contribution in [1.82, 2.24) is 5.32 Å². The van der Waals surface area contributed by atoms with Crippen LogP contribution in [0.2, 0.25) is 0 Å². The van der Waals surface area contributed by atoms with Crippen molar-refractivity contribution in [2.75, 3.05) is 18.9 Å². The number of carbonyl (C=O) groups excluding carboxylic acids is 1. The van der Waals surface area contributed by atoms with Crippen molar-refractivity contribution < 1.29 is 9.53 Å². The maximum atomic E-state index is 12.2. The lowest BCUT2D eigenvalue weighted by molar-refractivity contribution is 0.0533. The van der Waals surface area contributed by atoms with Crippen LogP contribution < -0.4 is 11.1 Å². The van der Waals surface area contributed by atoms with Crippen LogP contribution in [0, 0.1) is 18.8 Å². The molecule has 3 N–H and O–H groups in total. The number of nitrogen functional groups attached to an aromatic ring is 1. The highest BCUT2D eigenvalue weighted by Crippen LogP contribution is 2.26. The van der Waals surface area contributed by atoms with E-state index >= 15 is 0 Å². The third-order valence-corrected chi connectivity index (χ3v) is 3.95. The number of amides is 1. The molecule has 118 valence electrons. The average molecular weight is 313 g/mol. The summed E-state index contributed by atoms with van der Waals surface area (Å²) in [5, 5.41) is 3.02. The van der Waals surface area contributed by atoms with Gasteiger partial charge in [0, 0.05) is 30.3 Å². The fraction of sp³-hybridized carbons (Fsp3) is 0.562. The van der Waals surface area contributed by atoms with Crippen LogP contribution in [-0.2, 0) is 4.74 Å². The van der Waals surface area contributed by atoms with Crippen LogP contribution in [0.25, 0.3) is 0 Å². The Bertz CT molecular complexity index is 491. The van der Waals surface area contributed by atoms with E-state index in [-0.39, 0.29) is 24.4 Å². The van der Waals surface area contributed by atoms with Crippen molar-refractivity contribution in [3.63, 3.8) is 0 Å². The van der Waals surface area contributed by atoms with Gasteiger partial charge in [0.05, 0.1) is 6.10 Å². The van der Waals surface area contributed by atoms with Gasteiger partial charge in [0.1, 0.15) is 0 Å². The summed E-state index contributed by atoms with van der Waals surface area (Å²) >= 11 is 0. The van der Waals surface area contributed by atoms with Crippen LogP contribution in [0.15, 0.2) is 18.2 Å². The molecule has 1 heterocycles. The van der Waals surface area contributed by atoms with Gasteiger partial charge in [-0.3, -0.25) is 4.79 Å². The number of anilines is 1. The largest absolute Gasteiger partial charge is 0.399 e. The minimum atomic E-state index is -0.0517. The van der Waals surface area contributed by atoms with Gasteiger partial charge < -0.3 is 15.8 Å². The molecule has 0 radical (unpaired) electrons. The minimum Gasteiger partial charge on any atom is -0.399 e. The molecule has 0 aliphatic carbocycles. The fourth-order valence-corrected chi connectivity index (χ4v) is 2.81. The Morgan fingerprint density at radius 2 is 2.19 bits per heavy atom. The lowest BCUT2D eigenvalue weighted by Gasteiger charge is -2.22. The molecule has 2 unspecified atom stereocenters. The van der Waals surface area contributed by atoms with Crippen molar-refractivity contribution in [3.8, 4) is 0 Å². The third kappa shape index (κ3) is 4.35. The molecule has 0 bridgehead atoms. The zero-order valence-electron chi connectivity index (χ0n) is 12.9. The Hall–Kier alpha value is -1.26. The molecule has 2 atom stereocenters. The number of halogens is 1. The molecule has 0 spiro atoms. The highest BCUT2D eigenvalue weighted by atomic mass is 35.5. The Kier molecular flexibility index (Phi) is 6.49. The van der Waals surface area contributed by atoms with E-state index in [1.165, 1.54) is 0 Å². The molecule has 1 aliphatic heterocycles. The van der Waals surface area contributed by atoms with Crippen molar-refractivity contribution in [1.29, 1.82) is 0 Å². The van der Waals surface area contributed by atoms with E-state index in [4.69, 9.17) is 10.5 Å². The van der Waals surface area contributed by atoms with Crippen molar-refractivity contribution >= 4 is 24.0 Å². The van der Waals surface area contributed by atoms with Gasteiger partial charge in [-0.2, -0.15) is 0 Å². The molecular weight excluding hydrogens is 288 g/mol. The van der Waals surface area contributed by atoms with E-state index in [0.717, 1.165) is 18.6 Å². The number of rotatable bonds is 4. The first kappa shape index (κ1) is 17.8. The molecule has 1 amide bonds. The molecule has 1 aliphatic rings. The predicted octanol–water partition coefficient (Wildman–Crippen LogP) is 2.79. The normalized spacial score (nSPS) is 21.1. The van der Waals surface area contributed by atoms with Crippen molar-refractivity contribution in [2.45, 2.75) is 33.3 Å². The summed E-state index contributed by atoms with van der Waals surface area (Å²) in [5.41, 5.74) is 7.96. The number of ether oxygens (including phenoxy) is 1. The van der Waals surface area contributed by atoms with Crippen LogP contribution >= 0.6 is 12.4 Å². The fourth-order valence-electron chi connectivity index (χ4n) is 2.81. The summed E-state index contributed by atoms with van der Waals surface area (Å²) in [7, 11) is 0. The quantitative estimate of drug-likeness (QED) is 0.840. The smallest absolute Gasteiger partial charge is 0.251 e. The van der Waals surface area contributed by atoms with Gasteiger partial charge in [-0.15, -0.1) is 12.4 Å². The molecule has 21 heavy (non-hydrogen) atoms. The monoisotopic (exact) mass is 312 g/mol. The van der Waals surface area contributed by atoms with E-state index in [1.54, 1.807) is 6.07 Å². The lowest BCUT2D eigenvalue weighted by Crippen LogP contribution is -2.35. The molecule has 2 rings (SSSR count). The highest BCUT2D eigenvalue weighted by molar-refractivity contribution is 5.96. The van der Waals surface area contributed by atoms with Crippen LogP contribution in [0.1, 0.15) is 36.2 Å². The number of benzene rings is 1. The predicted molar refractivity (Wildman–Crippen MR) is 87.9 cm³/mol. The van der Waals surface area contributed by atoms with E-state index < -0.39 is 0 Å². The SMILES string of the molecule is Cc1ccc(N)cc1C(=O)NCC1CCOC1C(C)C.Cl. The van der Waals surface area contributed by atoms with Gasteiger partial charge in [0.15, 0.2) is 0 Å². The number of hydrogen-bond donors (Lipinski definition) is 2. The second kappa shape index (κ2) is 7.66. The number of carbonyl (C=O) groups is 1. The van der Waals surface area contributed by atoms with Gasteiger partial charge in [-0.25, -0.2) is 0 Å². The maximum Gasteiger partial charge on any atom is 0.251 e. The first-order chi connectivity index (χ1) is 9.49. The van der Waals surface area contributed by atoms with Gasteiger partial charge >= 0.3 is 0 Å². The van der Waals surface area contributed by atoms with Crippen molar-refractivity contribution in [2.24, 2.45) is 11.8 Å². The molecule has 5 heteroatoms. The van der Waals surface area contributed by atoms with Gasteiger partial charge in [0.25, 0.3) is 5.91 Å². The molecule has 0 saturated carbocycles. The molecule has 1 saturated heterocycles. The summed E-state index contributed by atoms with van der Waals surface area (Å²) in [6.45, 7) is 7.69. The second-order valence-corrected chi connectivity index (χ2v) is 5.91. The summed E-state index contributed by atoms with van der Waals surface area (Å²) in [6, 6.07) is 5.42. The number of hydrogen-bond acceptors (Lipinski definition) is 3. The van der Waals surface area contributed by atoms with Gasteiger partial charge in [0.2, 0.25) is 0 Å². The maximum absolute atomic E-state index is 12.2. The number of nitrogens with two attached hydrogens (primary N) is 1. The standard InChI is InChI=1S/C16H24N2O2.ClH/c1-10(2)15-12(6-7-20-15)9-18-16(19)14-8-13(17)5-4-11(14)3;/h4-5,8,10,12,15H,6-7,9,17H2,1-3H3,(H,18,19);1H. The Balaban J connectivity index is 0.00000220. The topological polar surface area (TPSA) is 64.4 Å². The van der Waals surface area contributed by atoms with Crippen LogP contribution in [-0.4, -0.2) is 25.2 Å². The molecule has 4 nitrogen and oxygen atoms in total. The van der Waals surface area contributed by atoms with Crippen LogP contribution in [0.4, 0.5) is 5.69 Å². The third-order valence-electron chi connectivity index (χ3n) is 3.95. The van der Waals surface area contributed by atoms with Crippen molar-refractivity contribution in [3.05, 3.63) is 29.3 Å². The Morgan fingerprint density at radius 1 is 1.48 bits per heavy atom. The zero-order valence-corrected chi connectivity index (χ0v) is 13.7. The molecule has 1 aromatic rings. The second-order valence-electron chi connectivity index (χ2n) is 5.91. The van der Waals surface area contributed by atoms with E-state index in [9.17, 15) is 4.79 Å². The first-order valence-corrected chi connectivity index (χ1v) is 7.25. The summed E-state index contributed by atoms with van der Waals surface area (Å²) < 4.78 is 5.74. The molecule has 0 aromatic heterocycles. The lowest BCUT2D eigenvalue weighted by atomic mass is 9.93. The highest BCUT2D eigenvalue weighted by Gasteiger charge is 2.30. The molecule has 1 fully saturated rings. The average Bonchev–Trinajstić information content (AvgIpc) is 2.87. The van der Waals surface area contributed by atoms with Gasteiger partial charge in [-0.1, -0.05) is 19.9 Å².